The van der Waals surface area contributed by atoms with E-state index in [0.29, 0.717) is 23.4 Å². The molecule has 0 saturated heterocycles. The van der Waals surface area contributed by atoms with Crippen molar-refractivity contribution >= 4 is 28.4 Å². The second-order valence-electron chi connectivity index (χ2n) is 8.46. The van der Waals surface area contributed by atoms with Crippen LogP contribution in [0.25, 0.3) is 22.2 Å². The fraction of sp³-hybridized carbons (Fsp3) is 0.167. The average molecular weight is 525 g/mol. The molecule has 0 bridgehead atoms. The summed E-state index contributed by atoms with van der Waals surface area (Å²) in [6.45, 7) is 0.527. The molecule has 192 valence electrons. The number of hydrogen-bond acceptors (Lipinski definition) is 8. The molecule has 38 heavy (non-hydrogen) atoms. The molecule has 0 saturated carbocycles. The Labute approximate surface area is 211 Å². The Bertz CT molecular complexity index is 1650. The summed E-state index contributed by atoms with van der Waals surface area (Å²) in [6, 6.07) is 9.42. The van der Waals surface area contributed by atoms with Crippen molar-refractivity contribution in [2.24, 2.45) is 0 Å². The summed E-state index contributed by atoms with van der Waals surface area (Å²) in [6.07, 6.45) is -0.583. The third-order valence-corrected chi connectivity index (χ3v) is 6.04. The highest BCUT2D eigenvalue weighted by molar-refractivity contribution is 5.84. The third kappa shape index (κ3) is 4.33. The Morgan fingerprint density at radius 2 is 1.76 bits per heavy atom. The van der Waals surface area contributed by atoms with Crippen molar-refractivity contribution in [3.8, 4) is 11.3 Å². The van der Waals surface area contributed by atoms with Crippen molar-refractivity contribution in [1.29, 1.82) is 0 Å². The first-order valence-electron chi connectivity index (χ1n) is 11.3. The van der Waals surface area contributed by atoms with Gasteiger partial charge in [-0.2, -0.15) is 13.2 Å². The van der Waals surface area contributed by atoms with Crippen molar-refractivity contribution in [1.82, 2.24) is 34.7 Å². The van der Waals surface area contributed by atoms with Crippen LogP contribution in [-0.4, -0.2) is 41.2 Å². The monoisotopic (exact) mass is 525 g/mol. The summed E-state index contributed by atoms with van der Waals surface area (Å²) in [5, 5.41) is 10.3. The molecule has 1 aliphatic heterocycles. The average Bonchev–Trinajstić information content (AvgIpc) is 3.34. The van der Waals surface area contributed by atoms with Crippen molar-refractivity contribution in [3.63, 3.8) is 0 Å². The number of anilines is 3. The van der Waals surface area contributed by atoms with Gasteiger partial charge < -0.3 is 14.8 Å². The Morgan fingerprint density at radius 3 is 2.55 bits per heavy atom. The van der Waals surface area contributed by atoms with E-state index in [0.717, 1.165) is 16.8 Å². The fourth-order valence-corrected chi connectivity index (χ4v) is 4.26. The molecule has 0 aliphatic carbocycles. The van der Waals surface area contributed by atoms with Crippen LogP contribution in [0.5, 0.6) is 0 Å². The van der Waals surface area contributed by atoms with Gasteiger partial charge in [0.15, 0.2) is 11.6 Å². The minimum Gasteiger partial charge on any atom is -0.361 e. The molecular weight excluding hydrogens is 509 g/mol. The molecule has 0 spiro atoms. The van der Waals surface area contributed by atoms with Gasteiger partial charge in [-0.3, -0.25) is 4.98 Å². The van der Waals surface area contributed by atoms with E-state index in [-0.39, 0.29) is 41.6 Å². The van der Waals surface area contributed by atoms with Crippen LogP contribution in [0.2, 0.25) is 0 Å². The van der Waals surface area contributed by atoms with E-state index in [1.165, 1.54) is 12.4 Å². The number of fused-ring (bicyclic) bond motifs is 2. The molecule has 1 N–H and O–H groups in total. The molecule has 9 nitrogen and oxygen atoms in total. The molecule has 0 radical (unpaired) electrons. The number of hydrogen-bond donors (Lipinski definition) is 1. The standard InChI is InChI=1S/C24H16F5N9/c25-16-9-14(8-13-2-1-5-30-20(13)16)21-17(26)11-32-23(34-21)33-18-4-3-15(10-31-18)37-6-7-38-19(12-37)35-36-22(38)24(27,28)29/h1-5,8-11H,6-7,12H2,(H,31,32,33,34). The van der Waals surface area contributed by atoms with Gasteiger partial charge in [-0.1, -0.05) is 6.07 Å². The quantitative estimate of drug-likeness (QED) is 0.336. The minimum atomic E-state index is -4.57. The molecular formula is C24H16F5N9. The number of aromatic nitrogens is 7. The maximum Gasteiger partial charge on any atom is 0.451 e. The number of rotatable bonds is 4. The molecule has 1 aliphatic rings. The number of nitrogens with zero attached hydrogens (tertiary/aromatic N) is 8. The van der Waals surface area contributed by atoms with E-state index in [1.54, 1.807) is 30.3 Å². The number of halogens is 5. The summed E-state index contributed by atoms with van der Waals surface area (Å²) in [4.78, 5) is 18.3. The Hall–Kier alpha value is -4.75. The van der Waals surface area contributed by atoms with E-state index in [1.807, 2.05) is 4.90 Å². The van der Waals surface area contributed by atoms with Gasteiger partial charge in [0.25, 0.3) is 0 Å². The van der Waals surface area contributed by atoms with E-state index < -0.39 is 23.6 Å². The van der Waals surface area contributed by atoms with Crippen LogP contribution in [0.15, 0.2) is 55.0 Å². The Kier molecular flexibility index (Phi) is 5.58. The normalized spacial score (nSPS) is 13.6. The summed E-state index contributed by atoms with van der Waals surface area (Å²) in [5.41, 5.74) is 0.961. The number of pyridine rings is 2. The summed E-state index contributed by atoms with van der Waals surface area (Å²) >= 11 is 0. The summed E-state index contributed by atoms with van der Waals surface area (Å²) in [5.74, 6) is -1.74. The topological polar surface area (TPSA) is 97.5 Å². The number of nitrogens with one attached hydrogen (secondary N) is 1. The summed E-state index contributed by atoms with van der Waals surface area (Å²) < 4.78 is 69.4. The highest BCUT2D eigenvalue weighted by Crippen LogP contribution is 2.31. The molecule has 0 atom stereocenters. The first kappa shape index (κ1) is 23.6. The predicted molar refractivity (Wildman–Crippen MR) is 126 cm³/mol. The molecule has 1 aromatic carbocycles. The molecule has 0 fully saturated rings. The van der Waals surface area contributed by atoms with Gasteiger partial charge in [0.05, 0.1) is 24.6 Å². The lowest BCUT2D eigenvalue weighted by molar-refractivity contribution is -0.147. The lowest BCUT2D eigenvalue weighted by atomic mass is 10.1. The van der Waals surface area contributed by atoms with Gasteiger partial charge in [0, 0.05) is 30.2 Å². The minimum absolute atomic E-state index is 0.0408. The second kappa shape index (κ2) is 8.97. The van der Waals surface area contributed by atoms with Crippen LogP contribution in [0.4, 0.5) is 39.4 Å². The van der Waals surface area contributed by atoms with Crippen molar-refractivity contribution in [2.75, 3.05) is 16.8 Å². The molecule has 5 aromatic rings. The summed E-state index contributed by atoms with van der Waals surface area (Å²) in [7, 11) is 0. The zero-order valence-corrected chi connectivity index (χ0v) is 19.3. The molecule has 4 aromatic heterocycles. The lowest BCUT2D eigenvalue weighted by Crippen LogP contribution is -2.35. The van der Waals surface area contributed by atoms with Crippen LogP contribution < -0.4 is 10.2 Å². The van der Waals surface area contributed by atoms with Gasteiger partial charge >= 0.3 is 6.18 Å². The first-order valence-corrected chi connectivity index (χ1v) is 11.3. The van der Waals surface area contributed by atoms with Crippen molar-refractivity contribution in [3.05, 3.63) is 78.3 Å². The van der Waals surface area contributed by atoms with Gasteiger partial charge in [0.2, 0.25) is 11.8 Å². The maximum atomic E-state index is 14.6. The van der Waals surface area contributed by atoms with E-state index in [2.05, 4.69) is 35.5 Å². The highest BCUT2D eigenvalue weighted by Gasteiger charge is 2.39. The van der Waals surface area contributed by atoms with Crippen LogP contribution in [0.3, 0.4) is 0 Å². The highest BCUT2D eigenvalue weighted by atomic mass is 19.4. The molecule has 0 amide bonds. The van der Waals surface area contributed by atoms with Crippen LogP contribution in [0, 0.1) is 11.6 Å². The fourth-order valence-electron chi connectivity index (χ4n) is 4.26. The van der Waals surface area contributed by atoms with Crippen LogP contribution in [0.1, 0.15) is 11.6 Å². The first-order chi connectivity index (χ1) is 18.3. The molecule has 5 heterocycles. The van der Waals surface area contributed by atoms with Gasteiger partial charge in [-0.25, -0.2) is 23.7 Å². The van der Waals surface area contributed by atoms with Crippen LogP contribution >= 0.6 is 0 Å². The van der Waals surface area contributed by atoms with E-state index in [4.69, 9.17) is 0 Å². The van der Waals surface area contributed by atoms with Crippen molar-refractivity contribution in [2.45, 2.75) is 19.3 Å². The van der Waals surface area contributed by atoms with Gasteiger partial charge in [-0.05, 0) is 30.3 Å². The molecule has 14 heteroatoms. The van der Waals surface area contributed by atoms with Crippen molar-refractivity contribution < 1.29 is 22.0 Å². The van der Waals surface area contributed by atoms with Gasteiger partial charge in [0.1, 0.15) is 22.8 Å². The lowest BCUT2D eigenvalue weighted by Gasteiger charge is -2.29. The zero-order valence-electron chi connectivity index (χ0n) is 19.3. The molecule has 6 rings (SSSR count). The number of benzene rings is 1. The number of alkyl halides is 3. The smallest absolute Gasteiger partial charge is 0.361 e. The third-order valence-electron chi connectivity index (χ3n) is 6.04. The Balaban J connectivity index is 1.20. The zero-order chi connectivity index (χ0) is 26.4. The second-order valence-corrected chi connectivity index (χ2v) is 8.46. The Morgan fingerprint density at radius 1 is 0.895 bits per heavy atom. The van der Waals surface area contributed by atoms with Gasteiger partial charge in [-0.15, -0.1) is 10.2 Å². The predicted octanol–water partition coefficient (Wildman–Crippen LogP) is 4.74. The van der Waals surface area contributed by atoms with E-state index in [9.17, 15) is 22.0 Å². The largest absolute Gasteiger partial charge is 0.451 e. The van der Waals surface area contributed by atoms with E-state index >= 15 is 0 Å². The molecule has 0 unspecified atom stereocenters. The maximum absolute atomic E-state index is 14.6. The SMILES string of the molecule is Fc1cnc(Nc2ccc(N3CCn4c(nnc4C(F)(F)F)C3)cn2)nc1-c1cc(F)c2ncccc2c1. The van der Waals surface area contributed by atoms with Crippen LogP contribution in [-0.2, 0) is 19.3 Å².